The lowest BCUT2D eigenvalue weighted by molar-refractivity contribution is 0.0572. The Hall–Kier alpha value is -1.64. The highest BCUT2D eigenvalue weighted by atomic mass is 32.1. The number of β-amino-alcohol motifs (C(OH)–C–C–N with tert-alkyl or cyclic N) is 2. The number of amides is 1. The Balaban J connectivity index is 2.48. The number of Topliss-reactive ketones (excluding diaryl/α,β-unsaturated/α-hetero) is 1. The van der Waals surface area contributed by atoms with Crippen LogP contribution in [0.3, 0.4) is 0 Å². The molecule has 0 aliphatic carbocycles. The highest BCUT2D eigenvalue weighted by Crippen LogP contribution is 2.39. The summed E-state index contributed by atoms with van der Waals surface area (Å²) in [4.78, 5) is 24.8. The van der Waals surface area contributed by atoms with Gasteiger partial charge in [0.1, 0.15) is 5.00 Å². The topological polar surface area (TPSA) is 130 Å². The summed E-state index contributed by atoms with van der Waals surface area (Å²) in [7, 11) is 0. The number of aliphatic hydroxyl groups excluding tert-OH is 2. The molecule has 104 valence electrons. The number of thiophene rings is 1. The van der Waals surface area contributed by atoms with Crippen LogP contribution in [0.1, 0.15) is 27.0 Å². The lowest BCUT2D eigenvalue weighted by Crippen LogP contribution is -2.24. The first-order chi connectivity index (χ1) is 8.82. The molecule has 6 N–H and O–H groups in total. The smallest absolute Gasteiger partial charge is 0.253 e. The molecule has 1 saturated heterocycles. The minimum absolute atomic E-state index is 0.0656. The second kappa shape index (κ2) is 4.80. The third-order valence-corrected chi connectivity index (χ3v) is 4.41. The fourth-order valence-corrected chi connectivity index (χ4v) is 3.23. The summed E-state index contributed by atoms with van der Waals surface area (Å²) < 4.78 is 0. The predicted molar refractivity (Wildman–Crippen MR) is 71.5 cm³/mol. The molecule has 1 aliphatic heterocycles. The first-order valence-corrected chi connectivity index (χ1v) is 6.48. The van der Waals surface area contributed by atoms with Gasteiger partial charge in [-0.2, -0.15) is 0 Å². The summed E-state index contributed by atoms with van der Waals surface area (Å²) in [6, 6.07) is 0. The van der Waals surface area contributed by atoms with Crippen LogP contribution in [0.5, 0.6) is 0 Å². The highest BCUT2D eigenvalue weighted by Gasteiger charge is 2.34. The zero-order chi connectivity index (χ0) is 14.3. The molecule has 1 aromatic rings. The Morgan fingerprint density at radius 2 is 1.84 bits per heavy atom. The fourth-order valence-electron chi connectivity index (χ4n) is 2.09. The van der Waals surface area contributed by atoms with Crippen molar-refractivity contribution in [3.63, 3.8) is 0 Å². The number of carbonyl (C=O) groups is 2. The summed E-state index contributed by atoms with van der Waals surface area (Å²) in [5.41, 5.74) is 11.2. The van der Waals surface area contributed by atoms with E-state index in [1.807, 2.05) is 0 Å². The van der Waals surface area contributed by atoms with Gasteiger partial charge in [-0.1, -0.05) is 0 Å². The Morgan fingerprint density at radius 3 is 2.26 bits per heavy atom. The highest BCUT2D eigenvalue weighted by molar-refractivity contribution is 7.19. The molecule has 2 heterocycles. The van der Waals surface area contributed by atoms with Crippen molar-refractivity contribution in [2.24, 2.45) is 5.73 Å². The third-order valence-electron chi connectivity index (χ3n) is 3.04. The van der Waals surface area contributed by atoms with Gasteiger partial charge in [0.05, 0.1) is 28.3 Å². The van der Waals surface area contributed by atoms with Crippen LogP contribution in [0.15, 0.2) is 0 Å². The normalized spacial score (nSPS) is 22.8. The van der Waals surface area contributed by atoms with Crippen molar-refractivity contribution in [3.05, 3.63) is 10.4 Å². The van der Waals surface area contributed by atoms with Crippen LogP contribution in [-0.4, -0.2) is 47.2 Å². The largest absolute Gasteiger partial charge is 0.397 e. The predicted octanol–water partition coefficient (Wildman–Crippen LogP) is -0.826. The molecular weight excluding hydrogens is 270 g/mol. The second-order valence-corrected chi connectivity index (χ2v) is 5.48. The third kappa shape index (κ3) is 2.29. The first-order valence-electron chi connectivity index (χ1n) is 5.67. The molecule has 19 heavy (non-hydrogen) atoms. The van der Waals surface area contributed by atoms with E-state index in [0.717, 1.165) is 11.3 Å². The average Bonchev–Trinajstić information content (AvgIpc) is 2.80. The maximum absolute atomic E-state index is 11.5. The molecule has 1 fully saturated rings. The summed E-state index contributed by atoms with van der Waals surface area (Å²) >= 11 is 1.05. The van der Waals surface area contributed by atoms with Gasteiger partial charge < -0.3 is 26.6 Å². The second-order valence-electron chi connectivity index (χ2n) is 4.49. The summed E-state index contributed by atoms with van der Waals surface area (Å²) in [6.07, 6.45) is -1.80. The zero-order valence-corrected chi connectivity index (χ0v) is 11.1. The summed E-state index contributed by atoms with van der Waals surface area (Å²) in [5.74, 6) is -0.983. The van der Waals surface area contributed by atoms with Gasteiger partial charge in [-0.15, -0.1) is 11.3 Å². The molecule has 2 atom stereocenters. The Morgan fingerprint density at radius 1 is 1.32 bits per heavy atom. The van der Waals surface area contributed by atoms with Crippen molar-refractivity contribution < 1.29 is 19.8 Å². The average molecular weight is 285 g/mol. The van der Waals surface area contributed by atoms with E-state index in [4.69, 9.17) is 11.5 Å². The quantitative estimate of drug-likeness (QED) is 0.536. The molecular formula is C11H15N3O4S. The van der Waals surface area contributed by atoms with Crippen molar-refractivity contribution >= 4 is 33.7 Å². The number of carbonyl (C=O) groups excluding carboxylic acids is 2. The van der Waals surface area contributed by atoms with Crippen LogP contribution in [0, 0.1) is 0 Å². The van der Waals surface area contributed by atoms with E-state index in [1.165, 1.54) is 6.92 Å². The minimum Gasteiger partial charge on any atom is -0.397 e. The molecule has 2 unspecified atom stereocenters. The maximum atomic E-state index is 11.5. The van der Waals surface area contributed by atoms with E-state index in [9.17, 15) is 19.8 Å². The standard InChI is InChI=1S/C11H15N3O4S/c1-4(15)9-8(12)7(10(13)18)11(19-9)14-2-5(16)6(17)3-14/h5-6,16-17H,2-3,12H2,1H3,(H2,13,18). The number of anilines is 2. The van der Waals surface area contributed by atoms with Crippen LogP contribution in [0.25, 0.3) is 0 Å². The number of nitrogens with two attached hydrogens (primary N) is 2. The number of hydrogen-bond donors (Lipinski definition) is 4. The van der Waals surface area contributed by atoms with E-state index in [1.54, 1.807) is 4.90 Å². The van der Waals surface area contributed by atoms with Crippen molar-refractivity contribution in [3.8, 4) is 0 Å². The van der Waals surface area contributed by atoms with Gasteiger partial charge in [0.15, 0.2) is 5.78 Å². The maximum Gasteiger partial charge on any atom is 0.253 e. The monoisotopic (exact) mass is 285 g/mol. The fraction of sp³-hybridized carbons (Fsp3) is 0.455. The van der Waals surface area contributed by atoms with Crippen molar-refractivity contribution in [2.45, 2.75) is 19.1 Å². The summed E-state index contributed by atoms with van der Waals surface area (Å²) in [6.45, 7) is 1.68. The molecule has 0 aromatic carbocycles. The number of hydrogen-bond acceptors (Lipinski definition) is 7. The number of nitrogens with zero attached hydrogens (tertiary/aromatic N) is 1. The van der Waals surface area contributed by atoms with Crippen LogP contribution in [0.4, 0.5) is 10.7 Å². The van der Waals surface area contributed by atoms with Gasteiger partial charge in [-0.25, -0.2) is 0 Å². The van der Waals surface area contributed by atoms with Gasteiger partial charge in [-0.05, 0) is 0 Å². The number of primary amides is 1. The van der Waals surface area contributed by atoms with Gasteiger partial charge in [0.2, 0.25) is 0 Å². The van der Waals surface area contributed by atoms with Crippen molar-refractivity contribution in [1.29, 1.82) is 0 Å². The molecule has 8 heteroatoms. The van der Waals surface area contributed by atoms with Gasteiger partial charge >= 0.3 is 0 Å². The van der Waals surface area contributed by atoms with Crippen LogP contribution >= 0.6 is 11.3 Å². The SMILES string of the molecule is CC(=O)c1sc(N2CC(O)C(O)C2)c(C(N)=O)c1N. The van der Waals surface area contributed by atoms with E-state index in [2.05, 4.69) is 0 Å². The van der Waals surface area contributed by atoms with Crippen molar-refractivity contribution in [2.75, 3.05) is 23.7 Å². The molecule has 0 bridgehead atoms. The molecule has 0 saturated carbocycles. The Bertz CT molecular complexity index is 532. The number of aliphatic hydroxyl groups is 2. The van der Waals surface area contributed by atoms with Crippen LogP contribution in [-0.2, 0) is 0 Å². The number of nitrogen functional groups attached to an aromatic ring is 1. The van der Waals surface area contributed by atoms with Crippen LogP contribution in [0.2, 0.25) is 0 Å². The van der Waals surface area contributed by atoms with E-state index in [0.29, 0.717) is 5.00 Å². The van der Waals surface area contributed by atoms with Gasteiger partial charge in [0, 0.05) is 20.0 Å². The minimum atomic E-state index is -0.898. The van der Waals surface area contributed by atoms with E-state index >= 15 is 0 Å². The molecule has 0 radical (unpaired) electrons. The zero-order valence-electron chi connectivity index (χ0n) is 10.3. The van der Waals surface area contributed by atoms with Crippen molar-refractivity contribution in [1.82, 2.24) is 0 Å². The number of ketones is 1. The first kappa shape index (κ1) is 13.8. The van der Waals surface area contributed by atoms with E-state index in [-0.39, 0.29) is 35.0 Å². The molecule has 2 rings (SSSR count). The molecule has 1 amide bonds. The number of rotatable bonds is 3. The molecule has 0 spiro atoms. The lowest BCUT2D eigenvalue weighted by Gasteiger charge is -2.16. The van der Waals surface area contributed by atoms with Gasteiger partial charge in [0.25, 0.3) is 5.91 Å². The van der Waals surface area contributed by atoms with Gasteiger partial charge in [-0.3, -0.25) is 9.59 Å². The van der Waals surface area contributed by atoms with E-state index < -0.39 is 18.1 Å². The Labute approximate surface area is 113 Å². The molecule has 1 aromatic heterocycles. The molecule has 7 nitrogen and oxygen atoms in total. The Kier molecular flexibility index (Phi) is 3.48. The molecule has 1 aliphatic rings. The van der Waals surface area contributed by atoms with Crippen LogP contribution < -0.4 is 16.4 Å². The lowest BCUT2D eigenvalue weighted by atomic mass is 10.2. The summed E-state index contributed by atoms with van der Waals surface area (Å²) in [5, 5.41) is 19.5.